The van der Waals surface area contributed by atoms with Crippen molar-refractivity contribution in [1.29, 1.82) is 0 Å². The Hall–Kier alpha value is -1.52. The fourth-order valence-corrected chi connectivity index (χ4v) is 2.50. The van der Waals surface area contributed by atoms with E-state index in [-0.39, 0.29) is 12.5 Å². The van der Waals surface area contributed by atoms with E-state index in [4.69, 9.17) is 16.3 Å². The first-order valence-corrected chi connectivity index (χ1v) is 8.10. The third-order valence-electron chi connectivity index (χ3n) is 3.09. The number of carbonyl (C=O) groups is 1. The molecule has 0 heterocycles. The molecular formula is C17H17BrClNO2. The Bertz CT molecular complexity index is 656. The second-order valence-electron chi connectivity index (χ2n) is 5.18. The lowest BCUT2D eigenvalue weighted by atomic mass is 10.0. The largest absolute Gasteiger partial charge is 0.484 e. The third kappa shape index (κ3) is 4.75. The third-order valence-corrected chi connectivity index (χ3v) is 3.84. The van der Waals surface area contributed by atoms with Crippen molar-refractivity contribution in [2.75, 3.05) is 11.9 Å². The molecule has 0 unspecified atom stereocenters. The molecule has 3 nitrogen and oxygen atoms in total. The highest BCUT2D eigenvalue weighted by Crippen LogP contribution is 2.27. The molecule has 0 radical (unpaired) electrons. The topological polar surface area (TPSA) is 38.3 Å². The van der Waals surface area contributed by atoms with E-state index in [2.05, 4.69) is 35.1 Å². The molecule has 0 aliphatic carbocycles. The highest BCUT2D eigenvalue weighted by molar-refractivity contribution is 9.10. The molecule has 0 aromatic heterocycles. The molecule has 2 aromatic rings. The smallest absolute Gasteiger partial charge is 0.262 e. The summed E-state index contributed by atoms with van der Waals surface area (Å²) in [6.07, 6.45) is 0. The Kier molecular flexibility index (Phi) is 5.86. The molecule has 1 amide bonds. The first-order chi connectivity index (χ1) is 10.5. The average Bonchev–Trinajstić information content (AvgIpc) is 2.48. The van der Waals surface area contributed by atoms with E-state index in [0.717, 1.165) is 15.7 Å². The highest BCUT2D eigenvalue weighted by Gasteiger charge is 2.11. The Morgan fingerprint density at radius 1 is 1.23 bits per heavy atom. The number of anilines is 1. The predicted molar refractivity (Wildman–Crippen MR) is 93.8 cm³/mol. The van der Waals surface area contributed by atoms with Crippen LogP contribution in [0.4, 0.5) is 5.69 Å². The van der Waals surface area contributed by atoms with Crippen LogP contribution in [0.15, 0.2) is 46.9 Å². The quantitative estimate of drug-likeness (QED) is 0.767. The van der Waals surface area contributed by atoms with Crippen molar-refractivity contribution >= 4 is 39.1 Å². The second kappa shape index (κ2) is 7.65. The molecule has 1 N–H and O–H groups in total. The zero-order chi connectivity index (χ0) is 16.1. The Labute approximate surface area is 143 Å². The maximum Gasteiger partial charge on any atom is 0.262 e. The average molecular weight is 383 g/mol. The number of benzene rings is 2. The van der Waals surface area contributed by atoms with Gasteiger partial charge in [-0.1, -0.05) is 41.4 Å². The molecular weight excluding hydrogens is 366 g/mol. The van der Waals surface area contributed by atoms with Crippen LogP contribution in [0.5, 0.6) is 5.75 Å². The van der Waals surface area contributed by atoms with Gasteiger partial charge in [0.2, 0.25) is 0 Å². The van der Waals surface area contributed by atoms with Crippen molar-refractivity contribution in [1.82, 2.24) is 0 Å². The maximum absolute atomic E-state index is 12.0. The van der Waals surface area contributed by atoms with E-state index in [0.29, 0.717) is 16.7 Å². The van der Waals surface area contributed by atoms with E-state index < -0.39 is 0 Å². The standard InChI is InChI=1S/C17H17BrClNO2/c1-11(2)15-9-12(18)3-8-16(15)20-17(21)10-22-14-6-4-13(19)5-7-14/h3-9,11H,10H2,1-2H3,(H,20,21). The second-order valence-corrected chi connectivity index (χ2v) is 6.53. The molecule has 22 heavy (non-hydrogen) atoms. The predicted octanol–water partition coefficient (Wildman–Crippen LogP) is 5.24. The van der Waals surface area contributed by atoms with Crippen LogP contribution in [-0.4, -0.2) is 12.5 Å². The van der Waals surface area contributed by atoms with Gasteiger partial charge in [-0.05, 0) is 53.9 Å². The molecule has 0 aliphatic heterocycles. The van der Waals surface area contributed by atoms with Crippen molar-refractivity contribution in [2.24, 2.45) is 0 Å². The molecule has 116 valence electrons. The van der Waals surface area contributed by atoms with Crippen LogP contribution in [0.25, 0.3) is 0 Å². The molecule has 0 saturated heterocycles. The van der Waals surface area contributed by atoms with Crippen LogP contribution in [0.1, 0.15) is 25.3 Å². The lowest BCUT2D eigenvalue weighted by Crippen LogP contribution is -2.21. The number of hydrogen-bond donors (Lipinski definition) is 1. The monoisotopic (exact) mass is 381 g/mol. The van der Waals surface area contributed by atoms with Gasteiger partial charge in [-0.3, -0.25) is 4.79 Å². The van der Waals surface area contributed by atoms with E-state index in [1.54, 1.807) is 24.3 Å². The molecule has 0 fully saturated rings. The zero-order valence-corrected chi connectivity index (χ0v) is 14.7. The van der Waals surface area contributed by atoms with Gasteiger partial charge in [0.25, 0.3) is 5.91 Å². The summed E-state index contributed by atoms with van der Waals surface area (Å²) in [5, 5.41) is 3.52. The van der Waals surface area contributed by atoms with Gasteiger partial charge in [0.05, 0.1) is 0 Å². The first-order valence-electron chi connectivity index (χ1n) is 6.93. The number of carbonyl (C=O) groups excluding carboxylic acids is 1. The van der Waals surface area contributed by atoms with Gasteiger partial charge < -0.3 is 10.1 Å². The summed E-state index contributed by atoms with van der Waals surface area (Å²) in [7, 11) is 0. The molecule has 2 aromatic carbocycles. The van der Waals surface area contributed by atoms with Crippen molar-refractivity contribution < 1.29 is 9.53 Å². The summed E-state index contributed by atoms with van der Waals surface area (Å²) in [6.45, 7) is 4.12. The van der Waals surface area contributed by atoms with E-state index >= 15 is 0 Å². The van der Waals surface area contributed by atoms with Gasteiger partial charge in [0.15, 0.2) is 6.61 Å². The lowest BCUT2D eigenvalue weighted by Gasteiger charge is -2.14. The molecule has 2 rings (SSSR count). The molecule has 5 heteroatoms. The van der Waals surface area contributed by atoms with Crippen LogP contribution in [-0.2, 0) is 4.79 Å². The van der Waals surface area contributed by atoms with Gasteiger partial charge in [0, 0.05) is 15.2 Å². The SMILES string of the molecule is CC(C)c1cc(Br)ccc1NC(=O)COc1ccc(Cl)cc1. The Morgan fingerprint density at radius 2 is 1.91 bits per heavy atom. The minimum absolute atomic E-state index is 0.0464. The van der Waals surface area contributed by atoms with Crippen LogP contribution < -0.4 is 10.1 Å². The van der Waals surface area contributed by atoms with Gasteiger partial charge in [-0.15, -0.1) is 0 Å². The number of nitrogens with one attached hydrogen (secondary N) is 1. The highest BCUT2D eigenvalue weighted by atomic mass is 79.9. The molecule has 0 aliphatic rings. The van der Waals surface area contributed by atoms with Crippen LogP contribution >= 0.6 is 27.5 Å². The lowest BCUT2D eigenvalue weighted by molar-refractivity contribution is -0.118. The minimum Gasteiger partial charge on any atom is -0.484 e. The Morgan fingerprint density at radius 3 is 2.55 bits per heavy atom. The van der Waals surface area contributed by atoms with Gasteiger partial charge >= 0.3 is 0 Å². The summed E-state index contributed by atoms with van der Waals surface area (Å²) in [4.78, 5) is 12.0. The molecule has 0 atom stereocenters. The molecule has 0 saturated carbocycles. The number of rotatable bonds is 5. The van der Waals surface area contributed by atoms with Crippen LogP contribution in [0.2, 0.25) is 5.02 Å². The van der Waals surface area contributed by atoms with Crippen molar-refractivity contribution in [3.05, 3.63) is 57.5 Å². The van der Waals surface area contributed by atoms with Gasteiger partial charge in [-0.25, -0.2) is 0 Å². The fourth-order valence-electron chi connectivity index (χ4n) is 1.99. The maximum atomic E-state index is 12.0. The number of ether oxygens (including phenoxy) is 1. The minimum atomic E-state index is -0.195. The summed E-state index contributed by atoms with van der Waals surface area (Å²) in [6, 6.07) is 12.7. The number of hydrogen-bond acceptors (Lipinski definition) is 2. The van der Waals surface area contributed by atoms with E-state index in [1.807, 2.05) is 18.2 Å². The van der Waals surface area contributed by atoms with Crippen molar-refractivity contribution in [3.63, 3.8) is 0 Å². The van der Waals surface area contributed by atoms with Crippen LogP contribution in [0.3, 0.4) is 0 Å². The number of halogens is 2. The van der Waals surface area contributed by atoms with Crippen molar-refractivity contribution in [2.45, 2.75) is 19.8 Å². The van der Waals surface area contributed by atoms with Gasteiger partial charge in [-0.2, -0.15) is 0 Å². The number of amides is 1. The van der Waals surface area contributed by atoms with E-state index in [9.17, 15) is 4.79 Å². The Balaban J connectivity index is 1.99. The molecule has 0 bridgehead atoms. The first kappa shape index (κ1) is 16.8. The van der Waals surface area contributed by atoms with Gasteiger partial charge in [0.1, 0.15) is 5.75 Å². The summed E-state index contributed by atoms with van der Waals surface area (Å²) in [5.41, 5.74) is 1.89. The fraction of sp³-hybridized carbons (Fsp3) is 0.235. The molecule has 0 spiro atoms. The zero-order valence-electron chi connectivity index (χ0n) is 12.4. The van der Waals surface area contributed by atoms with E-state index in [1.165, 1.54) is 0 Å². The summed E-state index contributed by atoms with van der Waals surface area (Å²) >= 11 is 9.25. The van der Waals surface area contributed by atoms with Crippen molar-refractivity contribution in [3.8, 4) is 5.75 Å². The summed E-state index contributed by atoms with van der Waals surface area (Å²) < 4.78 is 6.43. The van der Waals surface area contributed by atoms with Crippen LogP contribution in [0, 0.1) is 0 Å². The normalized spacial score (nSPS) is 10.6. The summed E-state index contributed by atoms with van der Waals surface area (Å²) in [5.74, 6) is 0.726.